The number of aldehydes is 3. The van der Waals surface area contributed by atoms with E-state index in [-0.39, 0.29) is 0 Å². The van der Waals surface area contributed by atoms with Gasteiger partial charge in [-0.05, 0) is 113 Å². The molecule has 0 aliphatic carbocycles. The minimum absolute atomic E-state index is 0.399. The Morgan fingerprint density at radius 3 is 1.56 bits per heavy atom. The number of aromatic amines is 2. The van der Waals surface area contributed by atoms with E-state index in [1.54, 1.807) is 14.2 Å². The summed E-state index contributed by atoms with van der Waals surface area (Å²) in [5.41, 5.74) is 8.83. The summed E-state index contributed by atoms with van der Waals surface area (Å²) in [5, 5.41) is 0.728. The van der Waals surface area contributed by atoms with E-state index in [1.165, 1.54) is 63.9 Å². The summed E-state index contributed by atoms with van der Waals surface area (Å²) in [6, 6.07) is 36.9. The number of imidazole rings is 2. The fourth-order valence-electron chi connectivity index (χ4n) is 7.32. The third-order valence-corrected chi connectivity index (χ3v) is 10.8. The predicted octanol–water partition coefficient (Wildman–Crippen LogP) is 10.5. The van der Waals surface area contributed by atoms with E-state index in [0.717, 1.165) is 101 Å². The molecule has 4 aromatic carbocycles. The fraction of sp³-hybridized carbons (Fsp3) is 0.389. The highest BCUT2D eigenvalue weighted by molar-refractivity contribution is 5.71. The fourth-order valence-corrected chi connectivity index (χ4v) is 7.32. The third-order valence-electron chi connectivity index (χ3n) is 10.8. The zero-order chi connectivity index (χ0) is 47.8. The van der Waals surface area contributed by atoms with Gasteiger partial charge in [0.15, 0.2) is 0 Å². The number of methoxy groups -OCH3 is 1. The van der Waals surface area contributed by atoms with Crippen LogP contribution in [0.5, 0.6) is 0 Å². The van der Waals surface area contributed by atoms with Crippen LogP contribution in [0.1, 0.15) is 80.7 Å². The first-order chi connectivity index (χ1) is 32.1. The van der Waals surface area contributed by atoms with Gasteiger partial charge in [-0.3, -0.25) is 4.90 Å². The summed E-state index contributed by atoms with van der Waals surface area (Å²) in [6.45, 7) is 5.67. The van der Waals surface area contributed by atoms with Gasteiger partial charge in [0.25, 0.3) is 0 Å². The lowest BCUT2D eigenvalue weighted by atomic mass is 10.0. The van der Waals surface area contributed by atoms with E-state index in [2.05, 4.69) is 97.1 Å². The van der Waals surface area contributed by atoms with Crippen LogP contribution in [-0.2, 0) is 38.4 Å². The maximum atomic E-state index is 12.8. The minimum Gasteiger partial charge on any atom is -0.388 e. The van der Waals surface area contributed by atoms with Crippen LogP contribution in [0.4, 0.5) is 4.48 Å². The number of rotatable bonds is 13. The Morgan fingerprint density at radius 2 is 1.14 bits per heavy atom. The monoisotopic (exact) mass is 902 g/mol. The maximum Gasteiger partial charge on any atom is 0.124 e. The summed E-state index contributed by atoms with van der Waals surface area (Å²) >= 11 is 0. The lowest BCUT2D eigenvalue weighted by Crippen LogP contribution is -2.24. The molecule has 11 nitrogen and oxygen atoms in total. The smallest absolute Gasteiger partial charge is 0.124 e. The normalized spacial score (nSPS) is 14.3. The second kappa shape index (κ2) is 32.7. The molecule has 0 radical (unpaired) electrons. The molecule has 0 saturated carbocycles. The first-order valence-electron chi connectivity index (χ1n) is 23.0. The Morgan fingerprint density at radius 1 is 0.667 bits per heavy atom. The molecule has 2 aliphatic rings. The van der Waals surface area contributed by atoms with Crippen LogP contribution in [0.3, 0.4) is 0 Å². The zero-order valence-corrected chi connectivity index (χ0v) is 40.0. The molecule has 0 spiro atoms. The van der Waals surface area contributed by atoms with Crippen molar-refractivity contribution in [2.45, 2.75) is 77.2 Å². The van der Waals surface area contributed by atoms with Crippen molar-refractivity contribution >= 4 is 18.9 Å². The third kappa shape index (κ3) is 20.9. The Labute approximate surface area is 392 Å². The van der Waals surface area contributed by atoms with E-state index >= 15 is 0 Å². The van der Waals surface area contributed by atoms with Gasteiger partial charge >= 0.3 is 0 Å². The number of ether oxygens (including phenoxy) is 1. The largest absolute Gasteiger partial charge is 0.388 e. The van der Waals surface area contributed by atoms with E-state index < -0.39 is 0 Å². The number of H-pyrrole nitrogens is 2. The van der Waals surface area contributed by atoms with E-state index in [0.29, 0.717) is 25.4 Å². The highest BCUT2D eigenvalue weighted by Gasteiger charge is 2.25. The second-order valence-electron chi connectivity index (χ2n) is 16.2. The predicted molar refractivity (Wildman–Crippen MR) is 267 cm³/mol. The van der Waals surface area contributed by atoms with Gasteiger partial charge in [-0.15, -0.1) is 9.60 Å². The number of unbranched alkanes of at least 4 members (excludes halogenated alkanes) is 1. The van der Waals surface area contributed by atoms with Crippen LogP contribution in [0.15, 0.2) is 122 Å². The molecule has 0 bridgehead atoms. The van der Waals surface area contributed by atoms with Crippen LogP contribution in [-0.4, -0.2) is 115 Å². The van der Waals surface area contributed by atoms with E-state index in [4.69, 9.17) is 4.79 Å². The Kier molecular flexibility index (Phi) is 27.0. The number of likely N-dealkylation sites (tertiary alicyclic amines) is 2. The molecular weight excluding hydrogens is 830 g/mol. The van der Waals surface area contributed by atoms with Crippen molar-refractivity contribution in [3.63, 3.8) is 0 Å². The average Bonchev–Trinajstić information content (AvgIpc) is 4.13. The molecule has 4 heterocycles. The SMILES string of the molecule is CC=O.CN(F)CCCCc1ncc(-c2ccc(-c3ccc(-c4cnc(C5CCCN5C)[nH]4)cc3)cc2)[nH]1.CN1CCCCC1.COC.O=CCc1ccccc1.O=CCc1ccccc1. The number of carbonyl (C=O) groups is 3. The van der Waals surface area contributed by atoms with Gasteiger partial charge in [-0.2, -0.15) is 0 Å². The van der Waals surface area contributed by atoms with Crippen molar-refractivity contribution < 1.29 is 23.6 Å². The molecule has 1 atom stereocenters. The molecular formula is C54H72FN7O4. The quantitative estimate of drug-likeness (QED) is 0.0661. The number of halogens is 1. The molecule has 1 unspecified atom stereocenters. The standard InChI is InChI=1S/C28H33FN6.2C8H8O.C6H13N.C2H6O.C2H4O/c1-34-16-5-6-26(34)28-31-19-25(33-28)23-14-10-21(11-15-23)20-8-12-22(13-9-20)24-18-30-27(32-24)7-3-4-17-35(2)29;2*9-7-6-8-4-2-1-3-5-8;1-7-5-3-2-4-6-7;1-3-2;1-2-3/h8-15,18-19,26H,3-7,16-17H2,1-2H3,(H,30,32)(H,31,33);2*1-5,7H,6H2;2-6H2,1H3;1-2H3;2H,1H3. The molecule has 6 aromatic rings. The number of nitrogens with one attached hydrogen (secondary N) is 2. The Balaban J connectivity index is 0.000000299. The molecule has 12 heteroatoms. The number of carbonyl (C=O) groups excluding carboxylic acids is 3. The second-order valence-corrected chi connectivity index (χ2v) is 16.2. The van der Waals surface area contributed by atoms with Crippen molar-refractivity contribution in [3.05, 3.63) is 144 Å². The molecule has 66 heavy (non-hydrogen) atoms. The summed E-state index contributed by atoms with van der Waals surface area (Å²) in [7, 11) is 9.06. The van der Waals surface area contributed by atoms with Crippen LogP contribution in [0, 0.1) is 0 Å². The van der Waals surface area contributed by atoms with Crippen LogP contribution in [0.25, 0.3) is 33.6 Å². The van der Waals surface area contributed by atoms with Crippen LogP contribution < -0.4 is 0 Å². The van der Waals surface area contributed by atoms with Crippen LogP contribution >= 0.6 is 0 Å². The van der Waals surface area contributed by atoms with Crippen molar-refractivity contribution in [2.24, 2.45) is 0 Å². The van der Waals surface area contributed by atoms with Gasteiger partial charge in [0, 0.05) is 47.1 Å². The van der Waals surface area contributed by atoms with Crippen molar-refractivity contribution in [1.29, 1.82) is 0 Å². The Bertz CT molecular complexity index is 2110. The number of piperidine rings is 1. The van der Waals surface area contributed by atoms with E-state index in [9.17, 15) is 14.1 Å². The van der Waals surface area contributed by atoms with Crippen molar-refractivity contribution in [1.82, 2.24) is 34.9 Å². The maximum absolute atomic E-state index is 12.8. The summed E-state index contributed by atoms with van der Waals surface area (Å²) in [6.07, 6.45) is 16.7. The first-order valence-corrected chi connectivity index (χ1v) is 23.0. The van der Waals surface area contributed by atoms with Crippen molar-refractivity contribution in [3.8, 4) is 33.6 Å². The minimum atomic E-state index is 0.399. The highest BCUT2D eigenvalue weighted by atomic mass is 19.2. The molecule has 354 valence electrons. The van der Waals surface area contributed by atoms with Crippen LogP contribution in [0.2, 0.25) is 0 Å². The number of benzene rings is 4. The molecule has 2 saturated heterocycles. The lowest BCUT2D eigenvalue weighted by Gasteiger charge is -2.20. The lowest BCUT2D eigenvalue weighted by molar-refractivity contribution is -0.108. The van der Waals surface area contributed by atoms with Gasteiger partial charge in [-0.1, -0.05) is 116 Å². The molecule has 8 rings (SSSR count). The molecule has 2 aliphatic heterocycles. The number of aromatic nitrogens is 4. The number of aryl methyl sites for hydroxylation is 1. The van der Waals surface area contributed by atoms with Gasteiger partial charge in [0.1, 0.15) is 30.5 Å². The van der Waals surface area contributed by atoms with Gasteiger partial charge < -0.3 is 34.0 Å². The van der Waals surface area contributed by atoms with Gasteiger partial charge in [0.05, 0.1) is 29.8 Å². The number of hydrogen-bond acceptors (Lipinski definition) is 9. The number of hydrogen-bond donors (Lipinski definition) is 2. The number of nitrogens with zero attached hydrogens (tertiary/aromatic N) is 5. The van der Waals surface area contributed by atoms with Gasteiger partial charge in [-0.25, -0.2) is 9.97 Å². The van der Waals surface area contributed by atoms with Gasteiger partial charge in [0.2, 0.25) is 0 Å². The van der Waals surface area contributed by atoms with E-state index in [1.807, 2.05) is 73.1 Å². The summed E-state index contributed by atoms with van der Waals surface area (Å²) in [4.78, 5) is 49.6. The summed E-state index contributed by atoms with van der Waals surface area (Å²) in [5.74, 6) is 2.01. The molecule has 2 N–H and O–H groups in total. The molecule has 0 amide bonds. The topological polar surface area (TPSA) is 128 Å². The highest BCUT2D eigenvalue weighted by Crippen LogP contribution is 2.31. The first kappa shape index (κ1) is 54.4. The summed E-state index contributed by atoms with van der Waals surface area (Å²) < 4.78 is 17.0. The van der Waals surface area contributed by atoms with Crippen molar-refractivity contribution in [2.75, 3.05) is 61.5 Å². The average molecular weight is 902 g/mol. The molecule has 2 fully saturated rings. The zero-order valence-electron chi connectivity index (χ0n) is 40.0. The molecule has 2 aromatic heterocycles. The Hall–Kier alpha value is -5.92.